The molecule has 1 atom stereocenters. The lowest BCUT2D eigenvalue weighted by Gasteiger charge is -2.32. The molecule has 0 aromatic carbocycles. The maximum atomic E-state index is 12.7. The minimum absolute atomic E-state index is 0.136. The van der Waals surface area contributed by atoms with Crippen LogP contribution in [-0.4, -0.2) is 38.4 Å². The predicted molar refractivity (Wildman–Crippen MR) is 89.0 cm³/mol. The highest BCUT2D eigenvalue weighted by molar-refractivity contribution is 7.89. The fourth-order valence-corrected chi connectivity index (χ4v) is 6.12. The van der Waals surface area contributed by atoms with E-state index in [4.69, 9.17) is 23.2 Å². The molecule has 1 unspecified atom stereocenters. The number of hydrogen-bond acceptors (Lipinski definition) is 4. The van der Waals surface area contributed by atoms with Crippen molar-refractivity contribution in [1.29, 1.82) is 0 Å². The smallest absolute Gasteiger partial charge is 0.245 e. The van der Waals surface area contributed by atoms with Crippen molar-refractivity contribution in [2.24, 2.45) is 5.92 Å². The molecular weight excluding hydrogens is 351 g/mol. The van der Waals surface area contributed by atoms with Gasteiger partial charge in [0, 0.05) is 19.1 Å². The van der Waals surface area contributed by atoms with E-state index >= 15 is 0 Å². The Balaban J connectivity index is 2.11. The first-order chi connectivity index (χ1) is 9.80. The van der Waals surface area contributed by atoms with Crippen molar-refractivity contribution in [1.82, 2.24) is 9.62 Å². The van der Waals surface area contributed by atoms with E-state index in [1.54, 1.807) is 0 Å². The van der Waals surface area contributed by atoms with E-state index in [-0.39, 0.29) is 9.23 Å². The van der Waals surface area contributed by atoms with Crippen molar-refractivity contribution in [2.75, 3.05) is 19.6 Å². The Bertz CT molecular complexity index is 587. The summed E-state index contributed by atoms with van der Waals surface area (Å²) >= 11 is 13.0. The van der Waals surface area contributed by atoms with Crippen LogP contribution in [0, 0.1) is 5.92 Å². The van der Waals surface area contributed by atoms with Gasteiger partial charge >= 0.3 is 0 Å². The summed E-state index contributed by atoms with van der Waals surface area (Å²) < 4.78 is 27.5. The molecule has 4 nitrogen and oxygen atoms in total. The molecule has 120 valence electrons. The first-order valence-corrected chi connectivity index (χ1v) is 10.0. The highest BCUT2D eigenvalue weighted by Crippen LogP contribution is 2.36. The van der Waals surface area contributed by atoms with Crippen LogP contribution in [0.1, 0.15) is 26.7 Å². The van der Waals surface area contributed by atoms with Crippen molar-refractivity contribution in [2.45, 2.75) is 37.6 Å². The van der Waals surface area contributed by atoms with Crippen LogP contribution in [-0.2, 0) is 10.0 Å². The van der Waals surface area contributed by atoms with E-state index in [2.05, 4.69) is 19.2 Å². The molecule has 0 amide bonds. The van der Waals surface area contributed by atoms with Crippen molar-refractivity contribution < 1.29 is 8.42 Å². The van der Waals surface area contributed by atoms with Gasteiger partial charge in [0.25, 0.3) is 0 Å². The van der Waals surface area contributed by atoms with Crippen LogP contribution in [0.15, 0.2) is 11.0 Å². The Morgan fingerprint density at radius 3 is 2.76 bits per heavy atom. The summed E-state index contributed by atoms with van der Waals surface area (Å²) in [6, 6.07) is 1.85. The number of piperidine rings is 1. The lowest BCUT2D eigenvalue weighted by molar-refractivity contribution is 0.256. The number of sulfonamides is 1. The van der Waals surface area contributed by atoms with Gasteiger partial charge in [-0.2, -0.15) is 4.31 Å². The van der Waals surface area contributed by atoms with Gasteiger partial charge in [0.1, 0.15) is 9.23 Å². The zero-order valence-electron chi connectivity index (χ0n) is 12.1. The number of thiophene rings is 1. The third kappa shape index (κ3) is 4.33. The van der Waals surface area contributed by atoms with Gasteiger partial charge < -0.3 is 5.32 Å². The maximum absolute atomic E-state index is 12.7. The standard InChI is InChI=1S/C13H20Cl2N2O2S2/c1-9(2)16-7-10-4-3-5-17(8-10)21(18,19)11-6-12(14)20-13(11)15/h6,9-10,16H,3-5,7-8H2,1-2H3. The van der Waals surface area contributed by atoms with E-state index in [1.165, 1.54) is 10.4 Å². The molecule has 0 aliphatic carbocycles. The molecule has 1 N–H and O–H groups in total. The van der Waals surface area contributed by atoms with Gasteiger partial charge in [-0.25, -0.2) is 8.42 Å². The second kappa shape index (κ2) is 7.15. The molecule has 0 bridgehead atoms. The zero-order valence-corrected chi connectivity index (χ0v) is 15.2. The Morgan fingerprint density at radius 2 is 2.19 bits per heavy atom. The Hall–Kier alpha value is 0.150. The molecule has 2 rings (SSSR count). The lowest BCUT2D eigenvalue weighted by atomic mass is 9.99. The first-order valence-electron chi connectivity index (χ1n) is 6.99. The second-order valence-electron chi connectivity index (χ2n) is 5.62. The van der Waals surface area contributed by atoms with E-state index in [0.717, 1.165) is 30.7 Å². The molecule has 0 radical (unpaired) electrons. The molecular formula is C13H20Cl2N2O2S2. The fourth-order valence-electron chi connectivity index (χ4n) is 2.45. The molecule has 0 saturated carbocycles. The van der Waals surface area contributed by atoms with Crippen molar-refractivity contribution in [3.05, 3.63) is 14.7 Å². The van der Waals surface area contributed by atoms with E-state index in [1.807, 2.05) is 0 Å². The normalized spacial score (nSPS) is 21.1. The molecule has 1 saturated heterocycles. The number of halogens is 2. The largest absolute Gasteiger partial charge is 0.314 e. The zero-order chi connectivity index (χ0) is 15.6. The molecule has 1 aromatic heterocycles. The van der Waals surface area contributed by atoms with Crippen LogP contribution >= 0.6 is 34.5 Å². The molecule has 21 heavy (non-hydrogen) atoms. The summed E-state index contributed by atoms with van der Waals surface area (Å²) in [4.78, 5) is 0.136. The Kier molecular flexibility index (Phi) is 5.96. The Morgan fingerprint density at radius 1 is 1.48 bits per heavy atom. The summed E-state index contributed by atoms with van der Waals surface area (Å²) in [6.07, 6.45) is 1.92. The van der Waals surface area contributed by atoms with Crippen LogP contribution in [0.25, 0.3) is 0 Å². The van der Waals surface area contributed by atoms with E-state index < -0.39 is 10.0 Å². The SMILES string of the molecule is CC(C)NCC1CCCN(S(=O)(=O)c2cc(Cl)sc2Cl)C1. The van der Waals surface area contributed by atoms with Crippen molar-refractivity contribution in [3.8, 4) is 0 Å². The monoisotopic (exact) mass is 370 g/mol. The van der Waals surface area contributed by atoms with Gasteiger partial charge in [-0.05, 0) is 31.4 Å². The van der Waals surface area contributed by atoms with Crippen LogP contribution < -0.4 is 5.32 Å². The van der Waals surface area contributed by atoms with Gasteiger partial charge in [0.15, 0.2) is 0 Å². The van der Waals surface area contributed by atoms with Gasteiger partial charge in [0.2, 0.25) is 10.0 Å². The minimum atomic E-state index is -3.54. The molecule has 1 aliphatic rings. The molecule has 8 heteroatoms. The average molecular weight is 371 g/mol. The summed E-state index contributed by atoms with van der Waals surface area (Å²) in [7, 11) is -3.54. The Labute approximate surface area is 140 Å². The molecule has 2 heterocycles. The third-order valence-corrected chi connectivity index (χ3v) is 7.16. The molecule has 1 fully saturated rings. The molecule has 0 spiro atoms. The van der Waals surface area contributed by atoms with Gasteiger partial charge in [-0.1, -0.05) is 37.0 Å². The van der Waals surface area contributed by atoms with Gasteiger partial charge in [0.05, 0.1) is 4.34 Å². The van der Waals surface area contributed by atoms with Crippen LogP contribution in [0.2, 0.25) is 8.67 Å². The highest BCUT2D eigenvalue weighted by atomic mass is 35.5. The van der Waals surface area contributed by atoms with Crippen molar-refractivity contribution >= 4 is 44.6 Å². The molecule has 1 aliphatic heterocycles. The van der Waals surface area contributed by atoms with Gasteiger partial charge in [-0.15, -0.1) is 11.3 Å². The topological polar surface area (TPSA) is 49.4 Å². The number of nitrogens with zero attached hydrogens (tertiary/aromatic N) is 1. The summed E-state index contributed by atoms with van der Waals surface area (Å²) in [5.41, 5.74) is 0. The first kappa shape index (κ1) is 17.5. The van der Waals surface area contributed by atoms with E-state index in [0.29, 0.717) is 29.4 Å². The van der Waals surface area contributed by atoms with Gasteiger partial charge in [-0.3, -0.25) is 0 Å². The predicted octanol–water partition coefficient (Wildman–Crippen LogP) is 3.45. The molecule has 1 aromatic rings. The number of hydrogen-bond donors (Lipinski definition) is 1. The summed E-state index contributed by atoms with van der Waals surface area (Å²) in [5.74, 6) is 0.337. The maximum Gasteiger partial charge on any atom is 0.245 e. The minimum Gasteiger partial charge on any atom is -0.314 e. The van der Waals surface area contributed by atoms with E-state index in [9.17, 15) is 8.42 Å². The van der Waals surface area contributed by atoms with Crippen LogP contribution in [0.3, 0.4) is 0 Å². The van der Waals surface area contributed by atoms with Crippen LogP contribution in [0.5, 0.6) is 0 Å². The quantitative estimate of drug-likeness (QED) is 0.863. The summed E-state index contributed by atoms with van der Waals surface area (Å²) in [5, 5.41) is 3.38. The highest BCUT2D eigenvalue weighted by Gasteiger charge is 2.32. The van der Waals surface area contributed by atoms with Crippen LogP contribution in [0.4, 0.5) is 0 Å². The van der Waals surface area contributed by atoms with Crippen molar-refractivity contribution in [3.63, 3.8) is 0 Å². The lowest BCUT2D eigenvalue weighted by Crippen LogP contribution is -2.43. The fraction of sp³-hybridized carbons (Fsp3) is 0.692. The average Bonchev–Trinajstić information content (AvgIpc) is 2.76. The summed E-state index contributed by atoms with van der Waals surface area (Å²) in [6.45, 7) is 6.09. The number of nitrogens with one attached hydrogen (secondary N) is 1. The number of rotatable bonds is 5. The second-order valence-corrected chi connectivity index (χ2v) is 9.81. The third-order valence-electron chi connectivity index (χ3n) is 3.54.